The zero-order chi connectivity index (χ0) is 17.7. The Kier molecular flexibility index (Phi) is 6.37. The van der Waals surface area contributed by atoms with Crippen LogP contribution in [-0.4, -0.2) is 35.9 Å². The number of carbonyl (C=O) groups is 1. The van der Waals surface area contributed by atoms with Crippen LogP contribution in [0.1, 0.15) is 31.2 Å². The maximum Gasteiger partial charge on any atom is 0.404 e. The van der Waals surface area contributed by atoms with Crippen LogP contribution >= 0.6 is 11.6 Å². The lowest BCUT2D eigenvalue weighted by atomic mass is 9.74. The van der Waals surface area contributed by atoms with Gasteiger partial charge in [-0.3, -0.25) is 0 Å². The summed E-state index contributed by atoms with van der Waals surface area (Å²) in [5.41, 5.74) is -1.59. The van der Waals surface area contributed by atoms with Gasteiger partial charge in [0, 0.05) is 24.6 Å². The van der Waals surface area contributed by atoms with Gasteiger partial charge in [-0.05, 0) is 38.3 Å². The highest BCUT2D eigenvalue weighted by Gasteiger charge is 2.41. The second-order valence-corrected chi connectivity index (χ2v) is 6.40. The van der Waals surface area contributed by atoms with Crippen LogP contribution in [0.4, 0.5) is 13.6 Å². The van der Waals surface area contributed by atoms with Crippen LogP contribution in [0.2, 0.25) is 5.02 Å². The van der Waals surface area contributed by atoms with Crippen LogP contribution in [0.25, 0.3) is 0 Å². The van der Waals surface area contributed by atoms with E-state index in [0.29, 0.717) is 19.4 Å². The van der Waals surface area contributed by atoms with Gasteiger partial charge in [0.05, 0.1) is 5.60 Å². The Morgan fingerprint density at radius 1 is 1.46 bits per heavy atom. The van der Waals surface area contributed by atoms with Crippen molar-refractivity contribution >= 4 is 17.7 Å². The molecule has 1 aromatic carbocycles. The SMILES string of the molecule is O=C(O)NCCCC(O)(c1ccc(F)c(Cl)c1F)C1CCCNC1. The van der Waals surface area contributed by atoms with Gasteiger partial charge in [0.1, 0.15) is 10.8 Å². The number of aliphatic hydroxyl groups is 1. The number of halogens is 3. The molecule has 2 rings (SSSR count). The van der Waals surface area contributed by atoms with Gasteiger partial charge < -0.3 is 20.8 Å². The van der Waals surface area contributed by atoms with E-state index in [1.165, 1.54) is 6.07 Å². The summed E-state index contributed by atoms with van der Waals surface area (Å²) < 4.78 is 27.9. The zero-order valence-corrected chi connectivity index (χ0v) is 13.9. The van der Waals surface area contributed by atoms with Crippen LogP contribution < -0.4 is 10.6 Å². The average molecular weight is 363 g/mol. The molecule has 2 atom stereocenters. The summed E-state index contributed by atoms with van der Waals surface area (Å²) in [5, 5.41) is 24.6. The fraction of sp³-hybridized carbons (Fsp3) is 0.562. The van der Waals surface area contributed by atoms with E-state index in [9.17, 15) is 18.7 Å². The van der Waals surface area contributed by atoms with Gasteiger partial charge in [0.2, 0.25) is 0 Å². The number of benzene rings is 1. The second kappa shape index (κ2) is 8.09. The summed E-state index contributed by atoms with van der Waals surface area (Å²) in [4.78, 5) is 10.5. The number of carboxylic acid groups (broad SMARTS) is 1. The molecule has 0 saturated carbocycles. The van der Waals surface area contributed by atoms with Gasteiger partial charge in [-0.2, -0.15) is 0 Å². The van der Waals surface area contributed by atoms with Gasteiger partial charge in [-0.25, -0.2) is 13.6 Å². The first kappa shape index (κ1) is 18.9. The van der Waals surface area contributed by atoms with Gasteiger partial charge in [-0.15, -0.1) is 0 Å². The normalized spacial score (nSPS) is 20.4. The third kappa shape index (κ3) is 4.15. The highest BCUT2D eigenvalue weighted by atomic mass is 35.5. The summed E-state index contributed by atoms with van der Waals surface area (Å²) in [7, 11) is 0. The molecule has 4 N–H and O–H groups in total. The summed E-state index contributed by atoms with van der Waals surface area (Å²) in [6.07, 6.45) is 0.807. The molecule has 24 heavy (non-hydrogen) atoms. The molecule has 1 aromatic rings. The topological polar surface area (TPSA) is 81.6 Å². The quantitative estimate of drug-likeness (QED) is 0.463. The molecule has 0 bridgehead atoms. The minimum atomic E-state index is -1.55. The molecule has 1 amide bonds. The third-order valence-electron chi connectivity index (χ3n) is 4.48. The molecular formula is C16H21ClF2N2O3. The molecular weight excluding hydrogens is 342 g/mol. The molecule has 0 radical (unpaired) electrons. The molecule has 5 nitrogen and oxygen atoms in total. The Hall–Kier alpha value is -1.44. The van der Waals surface area contributed by atoms with Crippen LogP contribution in [0.5, 0.6) is 0 Å². The van der Waals surface area contributed by atoms with Crippen LogP contribution in [0.3, 0.4) is 0 Å². The molecule has 1 aliphatic rings. The second-order valence-electron chi connectivity index (χ2n) is 6.03. The van der Waals surface area contributed by atoms with Crippen molar-refractivity contribution in [3.8, 4) is 0 Å². The van der Waals surface area contributed by atoms with Crippen molar-refractivity contribution in [3.63, 3.8) is 0 Å². The van der Waals surface area contributed by atoms with Crippen LogP contribution in [0.15, 0.2) is 12.1 Å². The van der Waals surface area contributed by atoms with Crippen LogP contribution in [0, 0.1) is 17.6 Å². The first-order chi connectivity index (χ1) is 11.4. The highest BCUT2D eigenvalue weighted by molar-refractivity contribution is 6.31. The summed E-state index contributed by atoms with van der Waals surface area (Å²) in [6.45, 7) is 1.45. The lowest BCUT2D eigenvalue weighted by Crippen LogP contribution is -2.45. The maximum absolute atomic E-state index is 14.5. The Labute approximate surface area is 144 Å². The van der Waals surface area contributed by atoms with Gasteiger partial charge in [0.15, 0.2) is 5.82 Å². The summed E-state index contributed by atoms with van der Waals surface area (Å²) in [5.74, 6) is -2.11. The number of piperidine rings is 1. The number of amides is 1. The lowest BCUT2D eigenvalue weighted by molar-refractivity contribution is -0.0448. The highest BCUT2D eigenvalue weighted by Crippen LogP contribution is 2.40. The molecule has 1 fully saturated rings. The van der Waals surface area contributed by atoms with E-state index in [0.717, 1.165) is 19.0 Å². The Morgan fingerprint density at radius 2 is 2.21 bits per heavy atom. The van der Waals surface area contributed by atoms with E-state index < -0.39 is 28.4 Å². The Balaban J connectivity index is 2.28. The van der Waals surface area contributed by atoms with Gasteiger partial charge in [-0.1, -0.05) is 17.7 Å². The van der Waals surface area contributed by atoms with Crippen molar-refractivity contribution in [1.82, 2.24) is 10.6 Å². The standard InChI is InChI=1S/C16H21ClF2N2O3/c17-13-12(18)5-4-11(14(13)19)16(24,6-2-8-21-15(22)23)10-3-1-7-20-9-10/h4-5,10,20-21,24H,1-3,6-9H2,(H,22,23). The van der Waals surface area contributed by atoms with Crippen molar-refractivity contribution in [2.75, 3.05) is 19.6 Å². The largest absolute Gasteiger partial charge is 0.465 e. The fourth-order valence-corrected chi connectivity index (χ4v) is 3.40. The molecule has 8 heteroatoms. The smallest absolute Gasteiger partial charge is 0.404 e. The summed E-state index contributed by atoms with van der Waals surface area (Å²) in [6, 6.07) is 2.26. The Bertz CT molecular complexity index is 597. The van der Waals surface area contributed by atoms with Crippen LogP contribution in [-0.2, 0) is 5.60 Å². The van der Waals surface area contributed by atoms with Crippen molar-refractivity contribution < 1.29 is 23.8 Å². The molecule has 1 aliphatic heterocycles. The van der Waals surface area contributed by atoms with Crippen molar-refractivity contribution in [2.45, 2.75) is 31.3 Å². The molecule has 0 aliphatic carbocycles. The molecule has 134 valence electrons. The number of rotatable bonds is 6. The van der Waals surface area contributed by atoms with E-state index in [4.69, 9.17) is 16.7 Å². The molecule has 0 aromatic heterocycles. The Morgan fingerprint density at radius 3 is 2.83 bits per heavy atom. The molecule has 0 spiro atoms. The monoisotopic (exact) mass is 362 g/mol. The maximum atomic E-state index is 14.5. The molecule has 1 heterocycles. The lowest BCUT2D eigenvalue weighted by Gasteiger charge is -2.39. The minimum absolute atomic E-state index is 0.0436. The summed E-state index contributed by atoms with van der Waals surface area (Å²) >= 11 is 5.66. The van der Waals surface area contributed by atoms with E-state index in [1.54, 1.807) is 0 Å². The predicted octanol–water partition coefficient (Wildman–Crippen LogP) is 2.85. The predicted molar refractivity (Wildman–Crippen MR) is 86.1 cm³/mol. The third-order valence-corrected chi connectivity index (χ3v) is 4.83. The first-order valence-electron chi connectivity index (χ1n) is 7.90. The number of hydrogen-bond donors (Lipinski definition) is 4. The van der Waals surface area contributed by atoms with Gasteiger partial charge >= 0.3 is 6.09 Å². The molecule has 1 saturated heterocycles. The van der Waals surface area contributed by atoms with E-state index in [1.807, 2.05) is 0 Å². The van der Waals surface area contributed by atoms with Crippen molar-refractivity contribution in [3.05, 3.63) is 34.4 Å². The van der Waals surface area contributed by atoms with Crippen molar-refractivity contribution in [1.29, 1.82) is 0 Å². The van der Waals surface area contributed by atoms with Gasteiger partial charge in [0.25, 0.3) is 0 Å². The van der Waals surface area contributed by atoms with E-state index in [2.05, 4.69) is 10.6 Å². The average Bonchev–Trinajstić information content (AvgIpc) is 2.57. The fourth-order valence-electron chi connectivity index (χ4n) is 3.23. The zero-order valence-electron chi connectivity index (χ0n) is 13.1. The van der Waals surface area contributed by atoms with E-state index in [-0.39, 0.29) is 24.4 Å². The van der Waals surface area contributed by atoms with E-state index >= 15 is 0 Å². The minimum Gasteiger partial charge on any atom is -0.465 e. The molecule has 2 unspecified atom stereocenters. The number of nitrogens with one attached hydrogen (secondary N) is 2. The number of hydrogen-bond acceptors (Lipinski definition) is 3. The van der Waals surface area contributed by atoms with Crippen molar-refractivity contribution in [2.24, 2.45) is 5.92 Å². The first-order valence-corrected chi connectivity index (χ1v) is 8.28.